The molecule has 1 aliphatic heterocycles. The van der Waals surface area contributed by atoms with E-state index in [4.69, 9.17) is 0 Å². The summed E-state index contributed by atoms with van der Waals surface area (Å²) in [5.74, 6) is 0. The van der Waals surface area contributed by atoms with Crippen molar-refractivity contribution >= 4 is 34.3 Å². The molecule has 0 fully saturated rings. The number of hydrogen-bond donors (Lipinski definition) is 0. The summed E-state index contributed by atoms with van der Waals surface area (Å²) in [6.45, 7) is 2.26. The van der Waals surface area contributed by atoms with Crippen LogP contribution in [-0.2, 0) is 0 Å². The summed E-state index contributed by atoms with van der Waals surface area (Å²) in [6.07, 6.45) is 1.22. The maximum atomic E-state index is 2.26. The molecule has 0 atom stereocenters. The van der Waals surface area contributed by atoms with Crippen LogP contribution >= 0.6 is 23.5 Å². The minimum atomic E-state index is 0.686. The van der Waals surface area contributed by atoms with Crippen molar-refractivity contribution in [3.63, 3.8) is 0 Å². The number of thioether (sulfide) groups is 2. The molecule has 0 amide bonds. The predicted octanol–water partition coefficient (Wildman–Crippen LogP) is 4.77. The fourth-order valence-electron chi connectivity index (χ4n) is 1.94. The van der Waals surface area contributed by atoms with Gasteiger partial charge in [-0.15, -0.1) is 23.5 Å². The van der Waals surface area contributed by atoms with E-state index >= 15 is 0 Å². The molecule has 0 saturated heterocycles. The first-order chi connectivity index (χ1) is 7.38. The molecule has 76 valence electrons. The van der Waals surface area contributed by atoms with Crippen LogP contribution in [-0.4, -0.2) is 4.58 Å². The molecule has 0 nitrogen and oxygen atoms in total. The number of hydrogen-bond acceptors (Lipinski definition) is 2. The molecule has 0 aromatic heterocycles. The SMILES string of the molecule is CCC1Sc2cccc3cccc(c23)S1. The van der Waals surface area contributed by atoms with Crippen molar-refractivity contribution in [1.82, 2.24) is 0 Å². The lowest BCUT2D eigenvalue weighted by atomic mass is 10.1. The van der Waals surface area contributed by atoms with Crippen LogP contribution in [0.25, 0.3) is 10.8 Å². The van der Waals surface area contributed by atoms with Crippen LogP contribution in [0.3, 0.4) is 0 Å². The summed E-state index contributed by atoms with van der Waals surface area (Å²) < 4.78 is 0.686. The highest BCUT2D eigenvalue weighted by molar-refractivity contribution is 8.17. The zero-order valence-electron chi connectivity index (χ0n) is 8.57. The first-order valence-corrected chi connectivity index (χ1v) is 6.99. The van der Waals surface area contributed by atoms with Crippen molar-refractivity contribution < 1.29 is 0 Å². The van der Waals surface area contributed by atoms with Crippen LogP contribution in [0.4, 0.5) is 0 Å². The van der Waals surface area contributed by atoms with Gasteiger partial charge in [-0.05, 0) is 23.9 Å². The van der Waals surface area contributed by atoms with Gasteiger partial charge in [0, 0.05) is 15.2 Å². The van der Waals surface area contributed by atoms with Gasteiger partial charge in [0.2, 0.25) is 0 Å². The maximum absolute atomic E-state index is 2.26. The molecule has 0 saturated carbocycles. The number of rotatable bonds is 1. The van der Waals surface area contributed by atoms with Gasteiger partial charge in [0.05, 0.1) is 4.58 Å². The lowest BCUT2D eigenvalue weighted by Crippen LogP contribution is -1.99. The van der Waals surface area contributed by atoms with E-state index in [1.807, 2.05) is 23.5 Å². The van der Waals surface area contributed by atoms with Gasteiger partial charge in [0.15, 0.2) is 0 Å². The van der Waals surface area contributed by atoms with Crippen LogP contribution in [0.15, 0.2) is 46.2 Å². The zero-order valence-corrected chi connectivity index (χ0v) is 10.2. The first-order valence-electron chi connectivity index (χ1n) is 5.23. The molecule has 15 heavy (non-hydrogen) atoms. The van der Waals surface area contributed by atoms with Crippen molar-refractivity contribution in [2.75, 3.05) is 0 Å². The second-order valence-electron chi connectivity index (χ2n) is 3.68. The van der Waals surface area contributed by atoms with E-state index in [-0.39, 0.29) is 0 Å². The maximum Gasteiger partial charge on any atom is 0.0594 e. The van der Waals surface area contributed by atoms with Gasteiger partial charge in [-0.25, -0.2) is 0 Å². The van der Waals surface area contributed by atoms with Gasteiger partial charge >= 0.3 is 0 Å². The van der Waals surface area contributed by atoms with Crippen LogP contribution in [0.1, 0.15) is 13.3 Å². The largest absolute Gasteiger partial charge is 0.111 e. The highest BCUT2D eigenvalue weighted by atomic mass is 32.2. The van der Waals surface area contributed by atoms with Crippen LogP contribution in [0.2, 0.25) is 0 Å². The third kappa shape index (κ3) is 1.56. The van der Waals surface area contributed by atoms with E-state index in [1.165, 1.54) is 27.0 Å². The third-order valence-corrected chi connectivity index (χ3v) is 5.64. The third-order valence-electron chi connectivity index (χ3n) is 2.68. The molecule has 0 bridgehead atoms. The Morgan fingerprint density at radius 2 is 1.60 bits per heavy atom. The Morgan fingerprint density at radius 3 is 2.13 bits per heavy atom. The number of benzene rings is 2. The molecule has 0 radical (unpaired) electrons. The normalized spacial score (nSPS) is 15.8. The summed E-state index contributed by atoms with van der Waals surface area (Å²) >= 11 is 4.02. The highest BCUT2D eigenvalue weighted by Gasteiger charge is 2.19. The van der Waals surface area contributed by atoms with Gasteiger partial charge in [-0.2, -0.15) is 0 Å². The highest BCUT2D eigenvalue weighted by Crippen LogP contribution is 2.48. The summed E-state index contributed by atoms with van der Waals surface area (Å²) in [4.78, 5) is 2.90. The molecule has 1 heterocycles. The van der Waals surface area contributed by atoms with Gasteiger partial charge in [-0.3, -0.25) is 0 Å². The average molecular weight is 232 g/mol. The molecule has 0 spiro atoms. The van der Waals surface area contributed by atoms with Crippen molar-refractivity contribution in [3.05, 3.63) is 36.4 Å². The summed E-state index contributed by atoms with van der Waals surface area (Å²) in [7, 11) is 0. The minimum Gasteiger partial charge on any atom is -0.111 e. The Hall–Kier alpha value is -0.600. The molecule has 0 unspecified atom stereocenters. The van der Waals surface area contributed by atoms with Gasteiger partial charge in [-0.1, -0.05) is 31.2 Å². The second-order valence-corrected chi connectivity index (χ2v) is 6.47. The van der Waals surface area contributed by atoms with Gasteiger partial charge in [0.1, 0.15) is 0 Å². The minimum absolute atomic E-state index is 0.686. The van der Waals surface area contributed by atoms with Gasteiger partial charge in [0.25, 0.3) is 0 Å². The average Bonchev–Trinajstić information content (AvgIpc) is 2.29. The Morgan fingerprint density at radius 1 is 1.00 bits per heavy atom. The standard InChI is InChI=1S/C13H12S2/c1-2-12-14-10-7-3-5-9-6-4-8-11(15-12)13(9)10/h3-8,12H,2H2,1H3. The van der Waals surface area contributed by atoms with Crippen molar-refractivity contribution in [2.45, 2.75) is 27.7 Å². The van der Waals surface area contributed by atoms with Crippen molar-refractivity contribution in [2.24, 2.45) is 0 Å². The molecule has 2 aromatic carbocycles. The molecular weight excluding hydrogens is 220 g/mol. The molecular formula is C13H12S2. The van der Waals surface area contributed by atoms with E-state index in [0.29, 0.717) is 4.58 Å². The lowest BCUT2D eigenvalue weighted by molar-refractivity contribution is 1.05. The van der Waals surface area contributed by atoms with Crippen LogP contribution in [0, 0.1) is 0 Å². The van der Waals surface area contributed by atoms with E-state index < -0.39 is 0 Å². The van der Waals surface area contributed by atoms with Crippen LogP contribution < -0.4 is 0 Å². The van der Waals surface area contributed by atoms with E-state index in [0.717, 1.165) is 0 Å². The molecule has 1 aliphatic rings. The Kier molecular flexibility index (Phi) is 2.41. The van der Waals surface area contributed by atoms with Gasteiger partial charge < -0.3 is 0 Å². The molecule has 0 aliphatic carbocycles. The molecule has 3 rings (SSSR count). The fourth-order valence-corrected chi connectivity index (χ4v) is 4.73. The smallest absolute Gasteiger partial charge is 0.0594 e. The second kappa shape index (κ2) is 3.76. The molecule has 2 aromatic rings. The van der Waals surface area contributed by atoms with Crippen molar-refractivity contribution in [1.29, 1.82) is 0 Å². The molecule has 0 N–H and O–H groups in total. The topological polar surface area (TPSA) is 0 Å². The summed E-state index contributed by atoms with van der Waals surface area (Å²) in [5, 5.41) is 2.83. The quantitative estimate of drug-likeness (QED) is 0.694. The first kappa shape index (κ1) is 9.61. The monoisotopic (exact) mass is 232 g/mol. The fraction of sp³-hybridized carbons (Fsp3) is 0.231. The Labute approximate surface area is 98.4 Å². The summed E-state index contributed by atoms with van der Waals surface area (Å²) in [6, 6.07) is 13.2. The van der Waals surface area contributed by atoms with E-state index in [1.54, 1.807) is 0 Å². The zero-order chi connectivity index (χ0) is 10.3. The lowest BCUT2D eigenvalue weighted by Gasteiger charge is -2.22. The summed E-state index contributed by atoms with van der Waals surface area (Å²) in [5.41, 5.74) is 0. The van der Waals surface area contributed by atoms with Crippen molar-refractivity contribution in [3.8, 4) is 0 Å². The predicted molar refractivity (Wildman–Crippen MR) is 69.7 cm³/mol. The molecule has 2 heteroatoms. The van der Waals surface area contributed by atoms with E-state index in [9.17, 15) is 0 Å². The Bertz CT molecular complexity index is 464. The van der Waals surface area contributed by atoms with Crippen LogP contribution in [0.5, 0.6) is 0 Å². The Balaban J connectivity index is 2.27. The van der Waals surface area contributed by atoms with E-state index in [2.05, 4.69) is 43.3 Å².